The van der Waals surface area contributed by atoms with Crippen molar-refractivity contribution in [2.75, 3.05) is 6.54 Å². The van der Waals surface area contributed by atoms with Crippen LogP contribution in [0.5, 0.6) is 0 Å². The Kier molecular flexibility index (Phi) is 6.79. The third kappa shape index (κ3) is 5.00. The van der Waals surface area contributed by atoms with E-state index < -0.39 is 11.1 Å². The molecule has 2 heterocycles. The van der Waals surface area contributed by atoms with Crippen LogP contribution in [0.25, 0.3) is 0 Å². The Balaban J connectivity index is 1.33. The molecule has 2 saturated heterocycles. The predicted molar refractivity (Wildman–Crippen MR) is 150 cm³/mol. The molecule has 2 aromatic carbocycles. The molecular formula is C32H41FN4O. The van der Waals surface area contributed by atoms with Gasteiger partial charge >= 0.3 is 6.03 Å². The summed E-state index contributed by atoms with van der Waals surface area (Å²) < 4.78 is 14.6. The number of nitrogens with zero attached hydrogens (tertiary/aromatic N) is 2. The SMILES string of the molecule is C[C@@H](c1cccc(CN2CC[C@]3(C[C@@]2(C)c2cccc(F)c2)NC(=O)NC3=NC2CCCCC2)c1)C1CC1. The van der Waals surface area contributed by atoms with Crippen LogP contribution >= 0.6 is 0 Å². The van der Waals surface area contributed by atoms with Crippen molar-refractivity contribution in [1.82, 2.24) is 15.5 Å². The molecule has 38 heavy (non-hydrogen) atoms. The van der Waals surface area contributed by atoms with Crippen LogP contribution in [0.4, 0.5) is 9.18 Å². The highest BCUT2D eigenvalue weighted by atomic mass is 19.1. The molecule has 2 aliphatic carbocycles. The fourth-order valence-corrected chi connectivity index (χ4v) is 7.18. The lowest BCUT2D eigenvalue weighted by Gasteiger charge is -2.52. The average Bonchev–Trinajstić information content (AvgIpc) is 3.72. The van der Waals surface area contributed by atoms with Crippen LogP contribution in [-0.4, -0.2) is 34.9 Å². The number of urea groups is 1. The van der Waals surface area contributed by atoms with Crippen molar-refractivity contribution >= 4 is 11.9 Å². The molecule has 2 saturated carbocycles. The second-order valence-electron chi connectivity index (χ2n) is 12.4. The fraction of sp³-hybridized carbons (Fsp3) is 0.562. The summed E-state index contributed by atoms with van der Waals surface area (Å²) in [5.41, 5.74) is 2.61. The largest absolute Gasteiger partial charge is 0.325 e. The van der Waals surface area contributed by atoms with Crippen LogP contribution in [0.2, 0.25) is 0 Å². The summed E-state index contributed by atoms with van der Waals surface area (Å²) in [6, 6.07) is 16.1. The van der Waals surface area contributed by atoms with E-state index in [4.69, 9.17) is 4.99 Å². The summed E-state index contributed by atoms with van der Waals surface area (Å²) in [4.78, 5) is 20.3. The van der Waals surface area contributed by atoms with Crippen molar-refractivity contribution in [2.24, 2.45) is 10.9 Å². The molecule has 3 atom stereocenters. The van der Waals surface area contributed by atoms with Gasteiger partial charge in [-0.2, -0.15) is 0 Å². The summed E-state index contributed by atoms with van der Waals surface area (Å²) in [7, 11) is 0. The maximum atomic E-state index is 14.6. The smallest absolute Gasteiger partial charge is 0.321 e. The topological polar surface area (TPSA) is 56.7 Å². The Morgan fingerprint density at radius 2 is 1.87 bits per heavy atom. The minimum Gasteiger partial charge on any atom is -0.325 e. The minimum atomic E-state index is -0.561. The number of aliphatic imine (C=N–C) groups is 1. The number of amides is 2. The van der Waals surface area contributed by atoms with Gasteiger partial charge in [0.15, 0.2) is 0 Å². The highest BCUT2D eigenvalue weighted by Gasteiger charge is 2.54. The van der Waals surface area contributed by atoms with Gasteiger partial charge in [0.25, 0.3) is 0 Å². The van der Waals surface area contributed by atoms with Gasteiger partial charge in [0.1, 0.15) is 17.2 Å². The second kappa shape index (κ2) is 10.1. The Bertz CT molecular complexity index is 1220. The molecule has 5 nitrogen and oxygen atoms in total. The van der Waals surface area contributed by atoms with Gasteiger partial charge in [0.2, 0.25) is 0 Å². The Morgan fingerprint density at radius 1 is 1.08 bits per heavy atom. The number of hydrogen-bond donors (Lipinski definition) is 2. The number of nitrogens with one attached hydrogen (secondary N) is 2. The third-order valence-electron chi connectivity index (χ3n) is 9.70. The molecule has 0 aromatic heterocycles. The number of amidine groups is 1. The van der Waals surface area contributed by atoms with E-state index in [2.05, 4.69) is 53.6 Å². The third-order valence-corrected chi connectivity index (χ3v) is 9.70. The van der Waals surface area contributed by atoms with Crippen LogP contribution < -0.4 is 10.6 Å². The molecule has 6 rings (SSSR count). The standard InChI is InChI=1S/C32H41FN4O/c1-22(24-14-15-24)25-9-6-8-23(18-25)20-37-17-16-32(21-31(37,2)26-10-7-11-27(33)19-26)29(35-30(38)36-32)34-28-12-4-3-5-13-28/h6-11,18-19,22,24,28H,3-5,12-17,20-21H2,1-2H3,(H2,34,35,36,38)/t22-,31+,32-/m1/s1. The first kappa shape index (κ1) is 25.5. The van der Waals surface area contributed by atoms with Crippen LogP contribution in [0, 0.1) is 11.7 Å². The molecule has 0 bridgehead atoms. The Labute approximate surface area is 226 Å². The first-order chi connectivity index (χ1) is 18.3. The fourth-order valence-electron chi connectivity index (χ4n) is 7.18. The van der Waals surface area contributed by atoms with Gasteiger partial charge in [-0.15, -0.1) is 0 Å². The number of hydrogen-bond acceptors (Lipinski definition) is 3. The van der Waals surface area contributed by atoms with E-state index in [9.17, 15) is 9.18 Å². The summed E-state index contributed by atoms with van der Waals surface area (Å²) in [6.45, 7) is 6.12. The van der Waals surface area contributed by atoms with Crippen molar-refractivity contribution < 1.29 is 9.18 Å². The van der Waals surface area contributed by atoms with Crippen molar-refractivity contribution in [3.8, 4) is 0 Å². The summed E-state index contributed by atoms with van der Waals surface area (Å²) in [6.07, 6.45) is 9.92. The van der Waals surface area contributed by atoms with E-state index in [1.807, 2.05) is 6.07 Å². The van der Waals surface area contributed by atoms with Crippen molar-refractivity contribution in [2.45, 2.75) is 101 Å². The molecule has 2 N–H and O–H groups in total. The maximum absolute atomic E-state index is 14.6. The van der Waals surface area contributed by atoms with Crippen LogP contribution in [0.15, 0.2) is 53.5 Å². The Morgan fingerprint density at radius 3 is 2.63 bits per heavy atom. The zero-order valence-corrected chi connectivity index (χ0v) is 22.8. The van der Waals surface area contributed by atoms with Gasteiger partial charge in [-0.1, -0.05) is 62.6 Å². The molecule has 4 aliphatic rings. The number of benzene rings is 2. The lowest BCUT2D eigenvalue weighted by molar-refractivity contribution is 0.0235. The predicted octanol–water partition coefficient (Wildman–Crippen LogP) is 6.63. The molecule has 1 spiro atoms. The molecule has 0 unspecified atom stereocenters. The number of halogens is 1. The summed E-state index contributed by atoms with van der Waals surface area (Å²) in [5.74, 6) is 1.97. The van der Waals surface area contributed by atoms with E-state index >= 15 is 0 Å². The quantitative estimate of drug-likeness (QED) is 0.453. The monoisotopic (exact) mass is 516 g/mol. The Hall–Kier alpha value is -2.73. The number of carbonyl (C=O) groups excluding carboxylic acids is 1. The number of likely N-dealkylation sites (tertiary alicyclic amines) is 1. The lowest BCUT2D eigenvalue weighted by atomic mass is 9.72. The van der Waals surface area contributed by atoms with Gasteiger partial charge < -0.3 is 5.32 Å². The zero-order chi connectivity index (χ0) is 26.3. The second-order valence-corrected chi connectivity index (χ2v) is 12.4. The van der Waals surface area contributed by atoms with Crippen molar-refractivity contribution in [3.05, 3.63) is 71.0 Å². The van der Waals surface area contributed by atoms with Crippen LogP contribution in [-0.2, 0) is 12.1 Å². The van der Waals surface area contributed by atoms with Gasteiger partial charge in [-0.05, 0) is 79.7 Å². The van der Waals surface area contributed by atoms with E-state index in [-0.39, 0.29) is 17.9 Å². The van der Waals surface area contributed by atoms with Crippen LogP contribution in [0.1, 0.15) is 94.2 Å². The van der Waals surface area contributed by atoms with Crippen molar-refractivity contribution in [3.63, 3.8) is 0 Å². The zero-order valence-electron chi connectivity index (χ0n) is 22.8. The number of piperidine rings is 1. The molecule has 2 amide bonds. The molecule has 2 aromatic rings. The summed E-state index contributed by atoms with van der Waals surface area (Å²) in [5, 5.41) is 6.35. The normalized spacial score (nSPS) is 30.4. The maximum Gasteiger partial charge on any atom is 0.321 e. The molecule has 202 valence electrons. The van der Waals surface area contributed by atoms with Crippen LogP contribution in [0.3, 0.4) is 0 Å². The first-order valence-electron chi connectivity index (χ1n) is 14.6. The van der Waals surface area contributed by atoms with E-state index in [1.54, 1.807) is 12.1 Å². The molecule has 2 aliphatic heterocycles. The highest BCUT2D eigenvalue weighted by molar-refractivity contribution is 6.10. The van der Waals surface area contributed by atoms with Gasteiger partial charge in [0, 0.05) is 25.0 Å². The average molecular weight is 517 g/mol. The molecule has 4 fully saturated rings. The highest BCUT2D eigenvalue weighted by Crippen LogP contribution is 2.45. The van der Waals surface area contributed by atoms with E-state index in [0.717, 1.165) is 49.7 Å². The first-order valence-corrected chi connectivity index (χ1v) is 14.6. The lowest BCUT2D eigenvalue weighted by Crippen LogP contribution is -2.62. The number of carbonyl (C=O) groups is 1. The molecule has 0 radical (unpaired) electrons. The molecule has 6 heteroatoms. The van der Waals surface area contributed by atoms with Gasteiger partial charge in [0.05, 0.1) is 6.04 Å². The van der Waals surface area contributed by atoms with Gasteiger partial charge in [-0.3, -0.25) is 15.2 Å². The summed E-state index contributed by atoms with van der Waals surface area (Å²) >= 11 is 0. The van der Waals surface area contributed by atoms with Crippen molar-refractivity contribution in [1.29, 1.82) is 0 Å². The van der Waals surface area contributed by atoms with Gasteiger partial charge in [-0.25, -0.2) is 9.18 Å². The minimum absolute atomic E-state index is 0.170. The number of rotatable bonds is 6. The van der Waals surface area contributed by atoms with E-state index in [1.165, 1.54) is 49.3 Å². The van der Waals surface area contributed by atoms with E-state index in [0.29, 0.717) is 12.3 Å². The molecular weight excluding hydrogens is 475 g/mol.